The van der Waals surface area contributed by atoms with E-state index in [1.54, 1.807) is 0 Å². The van der Waals surface area contributed by atoms with Gasteiger partial charge in [-0.25, -0.2) is 0 Å². The van der Waals surface area contributed by atoms with Gasteiger partial charge in [-0.1, -0.05) is 60.2 Å². The third-order valence-electron chi connectivity index (χ3n) is 3.94. The molecular formula is C19H20. The minimum Gasteiger partial charge on any atom is -0.0804 e. The number of fused-ring (bicyclic) bond motifs is 1. The lowest BCUT2D eigenvalue weighted by Gasteiger charge is -2.18. The standard InChI is InChI=1S/C19H20/c1-15-10-12-17-8-5-9-18(19(17)14-15)13-11-16-6-3-2-4-7-16/h2-4,6-7,9-10,12,14H,5,8,11,13H2,1H3. The number of rotatable bonds is 3. The van der Waals surface area contributed by atoms with Gasteiger partial charge in [-0.2, -0.15) is 0 Å². The van der Waals surface area contributed by atoms with Gasteiger partial charge in [0.25, 0.3) is 0 Å². The summed E-state index contributed by atoms with van der Waals surface area (Å²) in [4.78, 5) is 0. The van der Waals surface area contributed by atoms with E-state index in [0.717, 1.165) is 12.8 Å². The molecule has 0 aromatic heterocycles. The Morgan fingerprint density at radius 2 is 1.79 bits per heavy atom. The van der Waals surface area contributed by atoms with Crippen LogP contribution in [-0.2, 0) is 12.8 Å². The second-order valence-electron chi connectivity index (χ2n) is 5.41. The van der Waals surface area contributed by atoms with Crippen molar-refractivity contribution in [3.63, 3.8) is 0 Å². The average molecular weight is 248 g/mol. The van der Waals surface area contributed by atoms with Crippen LogP contribution in [0.3, 0.4) is 0 Å². The van der Waals surface area contributed by atoms with E-state index < -0.39 is 0 Å². The van der Waals surface area contributed by atoms with Gasteiger partial charge in [-0.15, -0.1) is 0 Å². The van der Waals surface area contributed by atoms with Crippen LogP contribution in [-0.4, -0.2) is 0 Å². The van der Waals surface area contributed by atoms with Gasteiger partial charge in [0.2, 0.25) is 0 Å². The van der Waals surface area contributed by atoms with Crippen molar-refractivity contribution >= 4 is 5.57 Å². The molecule has 0 amide bonds. The molecule has 0 N–H and O–H groups in total. The fraction of sp³-hybridized carbons (Fsp3) is 0.263. The quantitative estimate of drug-likeness (QED) is 0.720. The molecule has 96 valence electrons. The van der Waals surface area contributed by atoms with Crippen molar-refractivity contribution in [2.45, 2.75) is 32.6 Å². The lowest BCUT2D eigenvalue weighted by atomic mass is 9.87. The van der Waals surface area contributed by atoms with E-state index in [-0.39, 0.29) is 0 Å². The predicted molar refractivity (Wildman–Crippen MR) is 82.2 cm³/mol. The Morgan fingerprint density at radius 3 is 2.63 bits per heavy atom. The Bertz CT molecular complexity index is 591. The summed E-state index contributed by atoms with van der Waals surface area (Å²) in [6.45, 7) is 2.18. The van der Waals surface area contributed by atoms with E-state index >= 15 is 0 Å². The van der Waals surface area contributed by atoms with E-state index in [2.05, 4.69) is 61.5 Å². The third kappa shape index (κ3) is 2.78. The molecule has 0 bridgehead atoms. The normalized spacial score (nSPS) is 13.8. The summed E-state index contributed by atoms with van der Waals surface area (Å²) in [6.07, 6.45) is 7.12. The molecule has 2 aromatic carbocycles. The van der Waals surface area contributed by atoms with E-state index in [1.165, 1.54) is 40.7 Å². The van der Waals surface area contributed by atoms with Gasteiger partial charge in [0, 0.05) is 0 Å². The molecule has 3 rings (SSSR count). The van der Waals surface area contributed by atoms with Gasteiger partial charge < -0.3 is 0 Å². The molecule has 0 heterocycles. The largest absolute Gasteiger partial charge is 0.0804 e. The molecule has 19 heavy (non-hydrogen) atoms. The molecule has 1 aliphatic carbocycles. The second kappa shape index (κ2) is 5.44. The van der Waals surface area contributed by atoms with Crippen molar-refractivity contribution < 1.29 is 0 Å². The zero-order valence-electron chi connectivity index (χ0n) is 11.5. The molecule has 0 radical (unpaired) electrons. The summed E-state index contributed by atoms with van der Waals surface area (Å²) in [5, 5.41) is 0. The van der Waals surface area contributed by atoms with Crippen LogP contribution in [0.4, 0.5) is 0 Å². The van der Waals surface area contributed by atoms with Crippen molar-refractivity contribution in [2.75, 3.05) is 0 Å². The summed E-state index contributed by atoms with van der Waals surface area (Å²) in [6, 6.07) is 17.7. The Kier molecular flexibility index (Phi) is 3.50. The number of allylic oxidation sites excluding steroid dienone is 2. The maximum atomic E-state index is 2.44. The van der Waals surface area contributed by atoms with Crippen LogP contribution in [0.5, 0.6) is 0 Å². The molecule has 0 aliphatic heterocycles. The average Bonchev–Trinajstić information content (AvgIpc) is 2.46. The Balaban J connectivity index is 1.79. The fourth-order valence-corrected chi connectivity index (χ4v) is 2.88. The number of aryl methyl sites for hydroxylation is 3. The molecule has 0 unspecified atom stereocenters. The smallest absolute Gasteiger partial charge is 0.0193 e. The number of hydrogen-bond donors (Lipinski definition) is 0. The summed E-state index contributed by atoms with van der Waals surface area (Å²) < 4.78 is 0. The minimum atomic E-state index is 1.14. The SMILES string of the molecule is Cc1ccc2c(c1)C(CCc1ccccc1)=CCC2. The lowest BCUT2D eigenvalue weighted by Crippen LogP contribution is -2.01. The highest BCUT2D eigenvalue weighted by Gasteiger charge is 2.12. The monoisotopic (exact) mass is 248 g/mol. The zero-order chi connectivity index (χ0) is 13.1. The summed E-state index contributed by atoms with van der Waals surface area (Å²) in [5.41, 5.74) is 7.35. The second-order valence-corrected chi connectivity index (χ2v) is 5.41. The van der Waals surface area contributed by atoms with Crippen LogP contribution in [0.15, 0.2) is 54.6 Å². The Hall–Kier alpha value is -1.82. The number of benzene rings is 2. The first kappa shape index (κ1) is 12.2. The first-order valence-electron chi connectivity index (χ1n) is 7.16. The Labute approximate surface area is 115 Å². The maximum absolute atomic E-state index is 2.44. The van der Waals surface area contributed by atoms with Crippen LogP contribution < -0.4 is 0 Å². The van der Waals surface area contributed by atoms with Crippen molar-refractivity contribution in [3.05, 3.63) is 76.9 Å². The molecule has 2 aromatic rings. The molecule has 0 nitrogen and oxygen atoms in total. The molecule has 0 saturated carbocycles. The molecule has 0 heteroatoms. The highest BCUT2D eigenvalue weighted by atomic mass is 14.2. The first-order chi connectivity index (χ1) is 9.33. The highest BCUT2D eigenvalue weighted by Crippen LogP contribution is 2.30. The maximum Gasteiger partial charge on any atom is -0.0193 e. The van der Waals surface area contributed by atoms with E-state index in [0.29, 0.717) is 0 Å². The van der Waals surface area contributed by atoms with Gasteiger partial charge in [-0.05, 0) is 54.9 Å². The fourth-order valence-electron chi connectivity index (χ4n) is 2.88. The van der Waals surface area contributed by atoms with Gasteiger partial charge >= 0.3 is 0 Å². The van der Waals surface area contributed by atoms with Gasteiger partial charge in [0.1, 0.15) is 0 Å². The molecule has 0 saturated heterocycles. The predicted octanol–water partition coefficient (Wildman–Crippen LogP) is 4.96. The van der Waals surface area contributed by atoms with E-state index in [1.807, 2.05) is 0 Å². The van der Waals surface area contributed by atoms with Crippen molar-refractivity contribution in [1.82, 2.24) is 0 Å². The van der Waals surface area contributed by atoms with Crippen LogP contribution in [0.2, 0.25) is 0 Å². The van der Waals surface area contributed by atoms with Crippen LogP contribution in [0.25, 0.3) is 5.57 Å². The molecule has 0 spiro atoms. The third-order valence-corrected chi connectivity index (χ3v) is 3.94. The first-order valence-corrected chi connectivity index (χ1v) is 7.16. The topological polar surface area (TPSA) is 0 Å². The van der Waals surface area contributed by atoms with Crippen molar-refractivity contribution in [3.8, 4) is 0 Å². The number of hydrogen-bond acceptors (Lipinski definition) is 0. The summed E-state index contributed by atoms with van der Waals surface area (Å²) >= 11 is 0. The van der Waals surface area contributed by atoms with Crippen LogP contribution in [0.1, 0.15) is 35.1 Å². The van der Waals surface area contributed by atoms with Gasteiger partial charge in [-0.3, -0.25) is 0 Å². The zero-order valence-corrected chi connectivity index (χ0v) is 11.5. The van der Waals surface area contributed by atoms with E-state index in [9.17, 15) is 0 Å². The Morgan fingerprint density at radius 1 is 0.947 bits per heavy atom. The molecular weight excluding hydrogens is 228 g/mol. The molecule has 1 aliphatic rings. The highest BCUT2D eigenvalue weighted by molar-refractivity contribution is 5.70. The van der Waals surface area contributed by atoms with E-state index in [4.69, 9.17) is 0 Å². The summed E-state index contributed by atoms with van der Waals surface area (Å²) in [5.74, 6) is 0. The van der Waals surface area contributed by atoms with Crippen LogP contribution >= 0.6 is 0 Å². The van der Waals surface area contributed by atoms with Gasteiger partial charge in [0.15, 0.2) is 0 Å². The lowest BCUT2D eigenvalue weighted by molar-refractivity contribution is 0.935. The summed E-state index contributed by atoms with van der Waals surface area (Å²) in [7, 11) is 0. The molecule has 0 fully saturated rings. The van der Waals surface area contributed by atoms with Crippen molar-refractivity contribution in [2.24, 2.45) is 0 Å². The minimum absolute atomic E-state index is 1.14. The van der Waals surface area contributed by atoms with Crippen LogP contribution in [0, 0.1) is 6.92 Å². The van der Waals surface area contributed by atoms with Gasteiger partial charge in [0.05, 0.1) is 0 Å². The molecule has 0 atom stereocenters. The van der Waals surface area contributed by atoms with Crippen molar-refractivity contribution in [1.29, 1.82) is 0 Å².